The van der Waals surface area contributed by atoms with Crippen molar-refractivity contribution in [2.45, 2.75) is 6.54 Å². The molecule has 2 aromatic rings. The molecule has 0 aromatic heterocycles. The highest BCUT2D eigenvalue weighted by Gasteiger charge is 2.18. The van der Waals surface area contributed by atoms with Crippen LogP contribution >= 0.6 is 0 Å². The van der Waals surface area contributed by atoms with Gasteiger partial charge < -0.3 is 19.1 Å². The predicted octanol–water partition coefficient (Wildman–Crippen LogP) is 2.00. The number of rotatable bonds is 6. The number of hydrogen-bond acceptors (Lipinski definition) is 5. The van der Waals surface area contributed by atoms with Gasteiger partial charge in [-0.15, -0.1) is 0 Å². The summed E-state index contributed by atoms with van der Waals surface area (Å²) in [6, 6.07) is 14.0. The summed E-state index contributed by atoms with van der Waals surface area (Å²) >= 11 is -2.28. The van der Waals surface area contributed by atoms with Crippen LogP contribution in [0.4, 0.5) is 5.69 Å². The molecule has 6 nitrogen and oxygen atoms in total. The van der Waals surface area contributed by atoms with Gasteiger partial charge in [0.05, 0.1) is 12.8 Å². The summed E-state index contributed by atoms with van der Waals surface area (Å²) in [5, 5.41) is 0. The molecule has 0 saturated carbocycles. The lowest BCUT2D eigenvalue weighted by Crippen LogP contribution is -2.44. The molecule has 1 unspecified atom stereocenters. The van der Waals surface area contributed by atoms with Gasteiger partial charge in [0.25, 0.3) is 0 Å². The summed E-state index contributed by atoms with van der Waals surface area (Å²) < 4.78 is 29.7. The van der Waals surface area contributed by atoms with Crippen LogP contribution in [0.5, 0.6) is 5.75 Å². The lowest BCUT2D eigenvalue weighted by atomic mass is 9.98. The zero-order valence-corrected chi connectivity index (χ0v) is 15.9. The highest BCUT2D eigenvalue weighted by Crippen LogP contribution is 2.35. The van der Waals surface area contributed by atoms with Crippen molar-refractivity contribution in [3.63, 3.8) is 0 Å². The van der Waals surface area contributed by atoms with Crippen LogP contribution in [0.25, 0.3) is 11.1 Å². The molecule has 0 amide bonds. The maximum absolute atomic E-state index is 10.9. The molecule has 2 aromatic carbocycles. The zero-order valence-electron chi connectivity index (χ0n) is 15.1. The summed E-state index contributed by atoms with van der Waals surface area (Å²) in [6.07, 6.45) is 0. The number of nitrogens with zero attached hydrogens (tertiary/aromatic N) is 2. The minimum atomic E-state index is -2.28. The second kappa shape index (κ2) is 8.64. The van der Waals surface area contributed by atoms with Gasteiger partial charge in [-0.3, -0.25) is 4.21 Å². The number of nitrogens with one attached hydrogen (secondary N) is 1. The van der Waals surface area contributed by atoms with Crippen LogP contribution in [0.15, 0.2) is 42.5 Å². The van der Waals surface area contributed by atoms with Crippen molar-refractivity contribution in [1.29, 1.82) is 0 Å². The van der Waals surface area contributed by atoms with Crippen LogP contribution in [0.2, 0.25) is 0 Å². The van der Waals surface area contributed by atoms with E-state index in [1.54, 1.807) is 7.11 Å². The van der Waals surface area contributed by atoms with Crippen LogP contribution in [0.1, 0.15) is 5.56 Å². The topological polar surface area (TPSA) is 67.9 Å². The Kier molecular flexibility index (Phi) is 6.26. The normalized spacial score (nSPS) is 16.5. The summed E-state index contributed by atoms with van der Waals surface area (Å²) in [7, 11) is 3.82. The van der Waals surface area contributed by atoms with E-state index in [4.69, 9.17) is 4.74 Å². The lowest BCUT2D eigenvalue weighted by Gasteiger charge is -2.35. The van der Waals surface area contributed by atoms with Crippen LogP contribution in [-0.2, 0) is 17.8 Å². The second-order valence-corrected chi connectivity index (χ2v) is 7.15. The van der Waals surface area contributed by atoms with E-state index >= 15 is 0 Å². The molecule has 1 saturated heterocycles. The molecule has 26 heavy (non-hydrogen) atoms. The van der Waals surface area contributed by atoms with Gasteiger partial charge in [0.1, 0.15) is 5.75 Å². The van der Waals surface area contributed by atoms with E-state index in [-0.39, 0.29) is 6.54 Å². The Balaban J connectivity index is 1.94. The quantitative estimate of drug-likeness (QED) is 0.784. The first-order valence-corrected chi connectivity index (χ1v) is 9.68. The van der Waals surface area contributed by atoms with Crippen molar-refractivity contribution in [3.05, 3.63) is 48.0 Å². The maximum atomic E-state index is 10.9. The Bertz CT molecular complexity index is 776. The molecule has 1 aliphatic heterocycles. The lowest BCUT2D eigenvalue weighted by molar-refractivity contribution is 0.311. The molecule has 1 atom stereocenters. The molecule has 0 aliphatic carbocycles. The molecule has 0 spiro atoms. The monoisotopic (exact) mass is 374 g/mol. The highest BCUT2D eigenvalue weighted by molar-refractivity contribution is 7.77. The Morgan fingerprint density at radius 1 is 1.15 bits per heavy atom. The fourth-order valence-electron chi connectivity index (χ4n) is 3.24. The van der Waals surface area contributed by atoms with Crippen LogP contribution in [0, 0.1) is 0 Å². The number of piperazine rings is 1. The van der Waals surface area contributed by atoms with Gasteiger partial charge in [-0.1, -0.05) is 30.3 Å². The first-order chi connectivity index (χ1) is 12.6. The first-order valence-electron chi connectivity index (χ1n) is 8.61. The third kappa shape index (κ3) is 4.42. The molecular weight excluding hydrogens is 350 g/mol. The average molecular weight is 374 g/mol. The van der Waals surface area contributed by atoms with Gasteiger partial charge in [-0.05, 0) is 35.9 Å². The third-order valence-corrected chi connectivity index (χ3v) is 5.11. The van der Waals surface area contributed by atoms with Crippen molar-refractivity contribution >= 4 is 17.0 Å². The molecule has 1 aliphatic rings. The minimum absolute atomic E-state index is 0.266. The van der Waals surface area contributed by atoms with Crippen molar-refractivity contribution in [3.8, 4) is 16.9 Å². The van der Waals surface area contributed by atoms with Crippen LogP contribution in [0.3, 0.4) is 0 Å². The molecule has 1 N–H and O–H groups in total. The summed E-state index contributed by atoms with van der Waals surface area (Å²) in [6.45, 7) is 4.21. The Labute approximate surface area is 157 Å². The molecule has 1 heterocycles. The van der Waals surface area contributed by atoms with Gasteiger partial charge in [-0.2, -0.15) is 0 Å². The maximum Gasteiger partial charge on any atom is 0.142 e. The predicted molar refractivity (Wildman–Crippen MR) is 104 cm³/mol. The molecular formula is C19H24N3O3S-. The number of anilines is 1. The summed E-state index contributed by atoms with van der Waals surface area (Å²) in [5.74, 6) is 0.856. The number of ether oxygens (including phenoxy) is 1. The molecule has 1 fully saturated rings. The van der Waals surface area contributed by atoms with E-state index in [2.05, 4.69) is 27.6 Å². The van der Waals surface area contributed by atoms with Crippen LogP contribution < -0.4 is 14.4 Å². The second-order valence-electron chi connectivity index (χ2n) is 6.39. The molecule has 0 bridgehead atoms. The van der Waals surface area contributed by atoms with E-state index < -0.39 is 11.3 Å². The fourth-order valence-corrected chi connectivity index (χ4v) is 3.52. The van der Waals surface area contributed by atoms with Crippen molar-refractivity contribution in [1.82, 2.24) is 9.62 Å². The van der Waals surface area contributed by atoms with Crippen LogP contribution in [-0.4, -0.2) is 54.0 Å². The first kappa shape index (κ1) is 18.8. The van der Waals surface area contributed by atoms with Gasteiger partial charge in [0.15, 0.2) is 0 Å². The average Bonchev–Trinajstić information content (AvgIpc) is 2.66. The number of likely N-dealkylation sites (N-methyl/N-ethyl adjacent to an activating group) is 1. The summed E-state index contributed by atoms with van der Waals surface area (Å²) in [5.41, 5.74) is 4.08. The van der Waals surface area contributed by atoms with Gasteiger partial charge in [0.2, 0.25) is 0 Å². The van der Waals surface area contributed by atoms with E-state index in [0.29, 0.717) is 0 Å². The summed E-state index contributed by atoms with van der Waals surface area (Å²) in [4.78, 5) is 4.66. The number of benzene rings is 2. The third-order valence-electron chi connectivity index (χ3n) is 4.73. The van der Waals surface area contributed by atoms with E-state index in [9.17, 15) is 8.76 Å². The molecule has 7 heteroatoms. The van der Waals surface area contributed by atoms with Crippen molar-refractivity contribution in [2.75, 3.05) is 45.2 Å². The van der Waals surface area contributed by atoms with Gasteiger partial charge in [0, 0.05) is 44.0 Å². The number of hydrogen-bond donors (Lipinski definition) is 1. The van der Waals surface area contributed by atoms with Gasteiger partial charge in [-0.25, -0.2) is 4.72 Å². The minimum Gasteiger partial charge on any atom is -0.760 e. The smallest absolute Gasteiger partial charge is 0.142 e. The molecule has 3 rings (SSSR count). The Morgan fingerprint density at radius 3 is 2.58 bits per heavy atom. The van der Waals surface area contributed by atoms with E-state index in [0.717, 1.165) is 54.3 Å². The standard InChI is InChI=1S/C19H25N3O3S/c1-21-9-11-22(12-10-21)18-13-15(7-8-19(18)25-2)17-6-4-3-5-16(17)14-20-26(23)24/h3-8,13,20H,9-12,14H2,1-2H3,(H,23,24)/p-1. The Hall–Kier alpha value is -1.93. The largest absolute Gasteiger partial charge is 0.760 e. The fraction of sp³-hybridized carbons (Fsp3) is 0.368. The highest BCUT2D eigenvalue weighted by atomic mass is 32.2. The molecule has 0 radical (unpaired) electrons. The number of methoxy groups -OCH3 is 1. The van der Waals surface area contributed by atoms with Gasteiger partial charge >= 0.3 is 0 Å². The van der Waals surface area contributed by atoms with E-state index in [1.165, 1.54) is 0 Å². The van der Waals surface area contributed by atoms with Crippen molar-refractivity contribution < 1.29 is 13.5 Å². The Morgan fingerprint density at radius 2 is 1.88 bits per heavy atom. The zero-order chi connectivity index (χ0) is 18.5. The molecule has 140 valence electrons. The van der Waals surface area contributed by atoms with Crippen molar-refractivity contribution in [2.24, 2.45) is 0 Å². The van der Waals surface area contributed by atoms with E-state index in [1.807, 2.05) is 36.4 Å². The SMILES string of the molecule is COc1ccc(-c2ccccc2CNS(=O)[O-])cc1N1CCN(C)CC1.